The summed E-state index contributed by atoms with van der Waals surface area (Å²) in [5.74, 6) is 1.79. The fourth-order valence-corrected chi connectivity index (χ4v) is 4.56. The number of hydrogen-bond donors (Lipinski definition) is 2. The van der Waals surface area contributed by atoms with E-state index >= 15 is 0 Å². The van der Waals surface area contributed by atoms with Crippen molar-refractivity contribution in [3.8, 4) is 0 Å². The van der Waals surface area contributed by atoms with Gasteiger partial charge in [-0.05, 0) is 77.0 Å². The second-order valence-corrected chi connectivity index (χ2v) is 7.08. The average molecular weight is 265 g/mol. The Bertz CT molecular complexity index is 275. The van der Waals surface area contributed by atoms with Crippen molar-refractivity contribution < 1.29 is 0 Å². The predicted octanol–water partition coefficient (Wildman–Crippen LogP) is 1.84. The van der Waals surface area contributed by atoms with Crippen molar-refractivity contribution in [2.24, 2.45) is 11.8 Å². The maximum atomic E-state index is 3.93. The number of piperidine rings is 1. The summed E-state index contributed by atoms with van der Waals surface area (Å²) in [4.78, 5) is 2.50. The molecule has 0 aromatic rings. The highest BCUT2D eigenvalue weighted by Gasteiger charge is 2.34. The summed E-state index contributed by atoms with van der Waals surface area (Å²) in [7, 11) is 2.27. The van der Waals surface area contributed by atoms with Gasteiger partial charge in [-0.2, -0.15) is 0 Å². The van der Waals surface area contributed by atoms with Crippen molar-refractivity contribution in [2.75, 3.05) is 33.2 Å². The van der Waals surface area contributed by atoms with Crippen LogP contribution in [0.15, 0.2) is 0 Å². The van der Waals surface area contributed by atoms with E-state index in [-0.39, 0.29) is 0 Å². The molecule has 3 heteroatoms. The molecular formula is C16H31N3. The van der Waals surface area contributed by atoms with Crippen LogP contribution in [-0.4, -0.2) is 50.2 Å². The van der Waals surface area contributed by atoms with E-state index in [4.69, 9.17) is 0 Å². The minimum atomic E-state index is 0.794. The summed E-state index contributed by atoms with van der Waals surface area (Å²) in [6.45, 7) is 5.10. The van der Waals surface area contributed by atoms with Gasteiger partial charge in [-0.15, -0.1) is 0 Å². The van der Waals surface area contributed by atoms with E-state index in [0.717, 1.165) is 23.9 Å². The molecule has 3 rings (SSSR count). The van der Waals surface area contributed by atoms with Crippen molar-refractivity contribution in [2.45, 2.75) is 57.0 Å². The maximum absolute atomic E-state index is 3.93. The number of likely N-dealkylation sites (tertiary alicyclic amines) is 1. The third-order valence-electron chi connectivity index (χ3n) is 5.58. The average Bonchev–Trinajstić information content (AvgIpc) is 3.07. The molecule has 0 aromatic carbocycles. The lowest BCUT2D eigenvalue weighted by Gasteiger charge is -2.32. The van der Waals surface area contributed by atoms with Crippen LogP contribution in [-0.2, 0) is 0 Å². The van der Waals surface area contributed by atoms with E-state index in [1.54, 1.807) is 0 Å². The molecule has 0 amide bonds. The Morgan fingerprint density at radius 3 is 2.84 bits per heavy atom. The fraction of sp³-hybridized carbons (Fsp3) is 1.00. The summed E-state index contributed by atoms with van der Waals surface area (Å²) < 4.78 is 0. The number of hydrogen-bond acceptors (Lipinski definition) is 3. The molecule has 3 aliphatic rings. The van der Waals surface area contributed by atoms with E-state index < -0.39 is 0 Å². The zero-order valence-electron chi connectivity index (χ0n) is 12.5. The van der Waals surface area contributed by atoms with E-state index in [0.29, 0.717) is 0 Å². The fourth-order valence-electron chi connectivity index (χ4n) is 4.56. The molecule has 3 nitrogen and oxygen atoms in total. The molecule has 110 valence electrons. The smallest absolute Gasteiger partial charge is 0.0111 e. The van der Waals surface area contributed by atoms with Crippen LogP contribution in [0.25, 0.3) is 0 Å². The van der Waals surface area contributed by atoms with Gasteiger partial charge < -0.3 is 15.5 Å². The van der Waals surface area contributed by atoms with Crippen LogP contribution < -0.4 is 10.6 Å². The van der Waals surface area contributed by atoms with Gasteiger partial charge in [0.2, 0.25) is 0 Å². The van der Waals surface area contributed by atoms with Crippen LogP contribution in [0, 0.1) is 11.8 Å². The highest BCUT2D eigenvalue weighted by Crippen LogP contribution is 2.32. The molecule has 0 aromatic heterocycles. The SMILES string of the molecule is CN1CCCC(CNC2CCCC2C2CCCN2)C1. The molecule has 19 heavy (non-hydrogen) atoms. The van der Waals surface area contributed by atoms with Gasteiger partial charge in [-0.1, -0.05) is 6.42 Å². The molecular weight excluding hydrogens is 234 g/mol. The molecule has 1 aliphatic carbocycles. The van der Waals surface area contributed by atoms with Gasteiger partial charge in [0.05, 0.1) is 0 Å². The normalized spacial score (nSPS) is 40.9. The van der Waals surface area contributed by atoms with Gasteiger partial charge in [0.1, 0.15) is 0 Å². The molecule has 4 atom stereocenters. The van der Waals surface area contributed by atoms with Crippen LogP contribution in [0.1, 0.15) is 44.9 Å². The molecule has 4 unspecified atom stereocenters. The van der Waals surface area contributed by atoms with Crippen LogP contribution in [0.4, 0.5) is 0 Å². The first-order valence-corrected chi connectivity index (χ1v) is 8.48. The summed E-state index contributed by atoms with van der Waals surface area (Å²) >= 11 is 0. The van der Waals surface area contributed by atoms with Crippen LogP contribution in [0.3, 0.4) is 0 Å². The topological polar surface area (TPSA) is 27.3 Å². The first kappa shape index (κ1) is 13.8. The first-order chi connectivity index (χ1) is 9.33. The number of nitrogens with zero attached hydrogens (tertiary/aromatic N) is 1. The predicted molar refractivity (Wildman–Crippen MR) is 80.4 cm³/mol. The molecule has 2 saturated heterocycles. The molecule has 2 heterocycles. The van der Waals surface area contributed by atoms with Crippen LogP contribution >= 0.6 is 0 Å². The van der Waals surface area contributed by atoms with Crippen molar-refractivity contribution in [3.05, 3.63) is 0 Å². The zero-order chi connectivity index (χ0) is 13.1. The lowest BCUT2D eigenvalue weighted by atomic mass is 9.92. The first-order valence-electron chi connectivity index (χ1n) is 8.48. The quantitative estimate of drug-likeness (QED) is 0.812. The summed E-state index contributed by atoms with van der Waals surface area (Å²) in [5, 5.41) is 7.66. The monoisotopic (exact) mass is 265 g/mol. The molecule has 3 fully saturated rings. The zero-order valence-corrected chi connectivity index (χ0v) is 12.5. The van der Waals surface area contributed by atoms with E-state index in [1.165, 1.54) is 71.1 Å². The number of nitrogens with one attached hydrogen (secondary N) is 2. The standard InChI is InChI=1S/C16H31N3/c1-19-10-4-5-13(12-19)11-18-16-7-2-6-14(16)15-8-3-9-17-15/h13-18H,2-12H2,1H3. The molecule has 2 N–H and O–H groups in total. The highest BCUT2D eigenvalue weighted by molar-refractivity contribution is 4.93. The lowest BCUT2D eigenvalue weighted by molar-refractivity contribution is 0.196. The minimum Gasteiger partial charge on any atom is -0.314 e. The second kappa shape index (κ2) is 6.55. The Morgan fingerprint density at radius 1 is 1.11 bits per heavy atom. The Kier molecular flexibility index (Phi) is 4.78. The summed E-state index contributed by atoms with van der Waals surface area (Å²) in [5.41, 5.74) is 0. The maximum Gasteiger partial charge on any atom is 0.0111 e. The summed E-state index contributed by atoms with van der Waals surface area (Å²) in [6, 6.07) is 1.61. The Balaban J connectivity index is 1.45. The van der Waals surface area contributed by atoms with E-state index in [1.807, 2.05) is 0 Å². The molecule has 0 bridgehead atoms. The number of rotatable bonds is 4. The van der Waals surface area contributed by atoms with Gasteiger partial charge in [0, 0.05) is 18.6 Å². The highest BCUT2D eigenvalue weighted by atomic mass is 15.1. The molecule has 2 aliphatic heterocycles. The lowest BCUT2D eigenvalue weighted by Crippen LogP contribution is -2.45. The van der Waals surface area contributed by atoms with Gasteiger partial charge in [0.15, 0.2) is 0 Å². The van der Waals surface area contributed by atoms with Gasteiger partial charge in [-0.25, -0.2) is 0 Å². The van der Waals surface area contributed by atoms with Crippen molar-refractivity contribution >= 4 is 0 Å². The minimum absolute atomic E-state index is 0.794. The van der Waals surface area contributed by atoms with Gasteiger partial charge in [0.25, 0.3) is 0 Å². The Morgan fingerprint density at radius 2 is 2.05 bits per heavy atom. The summed E-state index contributed by atoms with van der Waals surface area (Å²) in [6.07, 6.45) is 9.91. The van der Waals surface area contributed by atoms with E-state index in [2.05, 4.69) is 22.6 Å². The largest absolute Gasteiger partial charge is 0.314 e. The Hall–Kier alpha value is -0.120. The third-order valence-corrected chi connectivity index (χ3v) is 5.58. The molecule has 1 saturated carbocycles. The van der Waals surface area contributed by atoms with Crippen LogP contribution in [0.2, 0.25) is 0 Å². The third kappa shape index (κ3) is 3.50. The van der Waals surface area contributed by atoms with Crippen LogP contribution in [0.5, 0.6) is 0 Å². The van der Waals surface area contributed by atoms with Gasteiger partial charge >= 0.3 is 0 Å². The molecule has 0 radical (unpaired) electrons. The molecule has 0 spiro atoms. The van der Waals surface area contributed by atoms with Gasteiger partial charge in [-0.3, -0.25) is 0 Å². The van der Waals surface area contributed by atoms with Crippen molar-refractivity contribution in [3.63, 3.8) is 0 Å². The second-order valence-electron chi connectivity index (χ2n) is 7.08. The van der Waals surface area contributed by atoms with E-state index in [9.17, 15) is 0 Å². The van der Waals surface area contributed by atoms with Crippen molar-refractivity contribution in [1.29, 1.82) is 0 Å². The van der Waals surface area contributed by atoms with Crippen molar-refractivity contribution in [1.82, 2.24) is 15.5 Å². The Labute approximate surface area is 118 Å².